The monoisotopic (exact) mass is 162 g/mol. The van der Waals surface area contributed by atoms with Crippen LogP contribution >= 0.6 is 0 Å². The Morgan fingerprint density at radius 1 is 1.67 bits per heavy atom. The van der Waals surface area contributed by atoms with E-state index in [-0.39, 0.29) is 0 Å². The maximum atomic E-state index is 5.60. The number of nitrogens with zero attached hydrogens (tertiary/aromatic N) is 1. The number of aromatic nitrogens is 1. The molecule has 2 N–H and O–H groups in total. The summed E-state index contributed by atoms with van der Waals surface area (Å²) in [5, 5.41) is 0. The summed E-state index contributed by atoms with van der Waals surface area (Å²) in [7, 11) is 0. The number of anilines is 1. The first kappa shape index (κ1) is 8.78. The van der Waals surface area contributed by atoms with Crippen LogP contribution in [0.2, 0.25) is 0 Å². The van der Waals surface area contributed by atoms with Crippen molar-refractivity contribution >= 4 is 5.69 Å². The van der Waals surface area contributed by atoms with Gasteiger partial charge in [0.2, 0.25) is 0 Å². The van der Waals surface area contributed by atoms with Gasteiger partial charge in [0.1, 0.15) is 0 Å². The SMILES string of the molecule is C=CCC(C)c1cncc(N)c1. The molecule has 64 valence electrons. The molecular formula is C10H14N2. The third kappa shape index (κ3) is 2.09. The van der Waals surface area contributed by atoms with E-state index in [4.69, 9.17) is 5.73 Å². The molecule has 12 heavy (non-hydrogen) atoms. The molecule has 1 unspecified atom stereocenters. The van der Waals surface area contributed by atoms with Gasteiger partial charge in [0, 0.05) is 12.4 Å². The second-order valence-corrected chi connectivity index (χ2v) is 2.98. The molecule has 2 nitrogen and oxygen atoms in total. The van der Waals surface area contributed by atoms with Crippen LogP contribution in [0.4, 0.5) is 5.69 Å². The molecule has 0 radical (unpaired) electrons. The Labute approximate surface area is 73.1 Å². The lowest BCUT2D eigenvalue weighted by Crippen LogP contribution is -1.95. The van der Waals surface area contributed by atoms with Crippen LogP contribution in [0.3, 0.4) is 0 Å². The molecule has 0 saturated heterocycles. The van der Waals surface area contributed by atoms with Crippen LogP contribution in [0.15, 0.2) is 31.1 Å². The van der Waals surface area contributed by atoms with Gasteiger partial charge in [-0.05, 0) is 24.0 Å². The van der Waals surface area contributed by atoms with Crippen molar-refractivity contribution in [2.75, 3.05) is 5.73 Å². The highest BCUT2D eigenvalue weighted by Crippen LogP contribution is 2.19. The highest BCUT2D eigenvalue weighted by atomic mass is 14.7. The topological polar surface area (TPSA) is 38.9 Å². The molecule has 1 heterocycles. The number of nitrogen functional groups attached to an aromatic ring is 1. The van der Waals surface area contributed by atoms with Crippen LogP contribution in [0.5, 0.6) is 0 Å². The third-order valence-corrected chi connectivity index (χ3v) is 1.87. The lowest BCUT2D eigenvalue weighted by molar-refractivity contribution is 0.777. The van der Waals surface area contributed by atoms with E-state index < -0.39 is 0 Å². The zero-order valence-corrected chi connectivity index (χ0v) is 7.33. The van der Waals surface area contributed by atoms with Crippen molar-refractivity contribution in [1.29, 1.82) is 0 Å². The molecule has 1 atom stereocenters. The number of hydrogen-bond acceptors (Lipinski definition) is 2. The summed E-state index contributed by atoms with van der Waals surface area (Å²) in [6, 6.07) is 1.96. The number of allylic oxidation sites excluding steroid dienone is 1. The molecule has 1 aromatic rings. The van der Waals surface area contributed by atoms with Crippen molar-refractivity contribution in [3.05, 3.63) is 36.7 Å². The summed E-state index contributed by atoms with van der Waals surface area (Å²) in [6.45, 7) is 5.83. The molecule has 0 amide bonds. The van der Waals surface area contributed by atoms with Crippen LogP contribution in [0.25, 0.3) is 0 Å². The molecule has 0 spiro atoms. The molecule has 0 fully saturated rings. The Morgan fingerprint density at radius 3 is 3.00 bits per heavy atom. The summed E-state index contributed by atoms with van der Waals surface area (Å²) in [6.07, 6.45) is 6.38. The molecule has 2 heteroatoms. The van der Waals surface area contributed by atoms with Gasteiger partial charge >= 0.3 is 0 Å². The Bertz CT molecular complexity index is 268. The van der Waals surface area contributed by atoms with Gasteiger partial charge in [-0.1, -0.05) is 13.0 Å². The highest BCUT2D eigenvalue weighted by molar-refractivity contribution is 5.38. The minimum Gasteiger partial charge on any atom is -0.397 e. The van der Waals surface area contributed by atoms with Crippen molar-refractivity contribution in [3.63, 3.8) is 0 Å². The van der Waals surface area contributed by atoms with E-state index in [1.807, 2.05) is 18.3 Å². The van der Waals surface area contributed by atoms with Crippen LogP contribution in [0.1, 0.15) is 24.8 Å². The Kier molecular flexibility index (Phi) is 2.86. The zero-order chi connectivity index (χ0) is 8.97. The maximum absolute atomic E-state index is 5.60. The van der Waals surface area contributed by atoms with E-state index in [0.29, 0.717) is 5.92 Å². The lowest BCUT2D eigenvalue weighted by atomic mass is 9.99. The molecular weight excluding hydrogens is 148 g/mol. The number of rotatable bonds is 3. The molecule has 0 aliphatic carbocycles. The third-order valence-electron chi connectivity index (χ3n) is 1.87. The quantitative estimate of drug-likeness (QED) is 0.693. The number of nitrogens with two attached hydrogens (primary N) is 1. The van der Waals surface area contributed by atoms with Crippen LogP contribution in [-0.4, -0.2) is 4.98 Å². The average molecular weight is 162 g/mol. The molecule has 0 aliphatic heterocycles. The van der Waals surface area contributed by atoms with E-state index in [1.165, 1.54) is 5.56 Å². The van der Waals surface area contributed by atoms with Crippen molar-refractivity contribution in [2.24, 2.45) is 0 Å². The summed E-state index contributed by atoms with van der Waals surface area (Å²) in [5.74, 6) is 0.457. The van der Waals surface area contributed by atoms with Gasteiger partial charge in [-0.15, -0.1) is 6.58 Å². The smallest absolute Gasteiger partial charge is 0.0503 e. The second kappa shape index (κ2) is 3.90. The summed E-state index contributed by atoms with van der Waals surface area (Å²) < 4.78 is 0. The van der Waals surface area contributed by atoms with Crippen LogP contribution < -0.4 is 5.73 Å². The first-order valence-electron chi connectivity index (χ1n) is 4.05. The van der Waals surface area contributed by atoms with Gasteiger partial charge in [0.05, 0.1) is 5.69 Å². The van der Waals surface area contributed by atoms with Crippen LogP contribution in [0, 0.1) is 0 Å². The molecule has 1 aromatic heterocycles. The minimum atomic E-state index is 0.457. The van der Waals surface area contributed by atoms with Gasteiger partial charge in [-0.25, -0.2) is 0 Å². The predicted molar refractivity (Wildman–Crippen MR) is 51.9 cm³/mol. The van der Waals surface area contributed by atoms with E-state index in [2.05, 4.69) is 18.5 Å². The van der Waals surface area contributed by atoms with Gasteiger partial charge in [-0.3, -0.25) is 4.98 Å². The zero-order valence-electron chi connectivity index (χ0n) is 7.33. The normalized spacial score (nSPS) is 12.4. The minimum absolute atomic E-state index is 0.457. The summed E-state index contributed by atoms with van der Waals surface area (Å²) in [4.78, 5) is 4.03. The van der Waals surface area contributed by atoms with Gasteiger partial charge in [0.15, 0.2) is 0 Å². The Hall–Kier alpha value is -1.31. The predicted octanol–water partition coefficient (Wildman–Crippen LogP) is 2.34. The number of hydrogen-bond donors (Lipinski definition) is 1. The first-order valence-corrected chi connectivity index (χ1v) is 4.05. The summed E-state index contributed by atoms with van der Waals surface area (Å²) >= 11 is 0. The first-order chi connectivity index (χ1) is 5.74. The van der Waals surface area contributed by atoms with Crippen molar-refractivity contribution < 1.29 is 0 Å². The van der Waals surface area contributed by atoms with Crippen molar-refractivity contribution in [2.45, 2.75) is 19.3 Å². The molecule has 0 saturated carbocycles. The van der Waals surface area contributed by atoms with Crippen molar-refractivity contribution in [1.82, 2.24) is 4.98 Å². The van der Waals surface area contributed by atoms with Gasteiger partial charge in [-0.2, -0.15) is 0 Å². The molecule has 0 aromatic carbocycles. The van der Waals surface area contributed by atoms with E-state index in [0.717, 1.165) is 12.1 Å². The van der Waals surface area contributed by atoms with Gasteiger partial charge < -0.3 is 5.73 Å². The van der Waals surface area contributed by atoms with E-state index in [1.54, 1.807) is 6.20 Å². The van der Waals surface area contributed by atoms with Crippen LogP contribution in [-0.2, 0) is 0 Å². The fourth-order valence-corrected chi connectivity index (χ4v) is 1.13. The van der Waals surface area contributed by atoms with E-state index >= 15 is 0 Å². The largest absolute Gasteiger partial charge is 0.397 e. The molecule has 1 rings (SSSR count). The standard InChI is InChI=1S/C10H14N2/c1-3-4-8(2)9-5-10(11)7-12-6-9/h3,5-8H,1,4,11H2,2H3. The lowest BCUT2D eigenvalue weighted by Gasteiger charge is -2.08. The fraction of sp³-hybridized carbons (Fsp3) is 0.300. The highest BCUT2D eigenvalue weighted by Gasteiger charge is 2.03. The molecule has 0 bridgehead atoms. The maximum Gasteiger partial charge on any atom is 0.0503 e. The van der Waals surface area contributed by atoms with Crippen molar-refractivity contribution in [3.8, 4) is 0 Å². The Balaban J connectivity index is 2.80. The molecule has 0 aliphatic rings. The van der Waals surface area contributed by atoms with Gasteiger partial charge in [0.25, 0.3) is 0 Å². The second-order valence-electron chi connectivity index (χ2n) is 2.98. The average Bonchev–Trinajstić information content (AvgIpc) is 2.05. The number of pyridine rings is 1. The Morgan fingerprint density at radius 2 is 2.42 bits per heavy atom. The van der Waals surface area contributed by atoms with E-state index in [9.17, 15) is 0 Å². The fourth-order valence-electron chi connectivity index (χ4n) is 1.13. The summed E-state index contributed by atoms with van der Waals surface area (Å²) in [5.41, 5.74) is 7.51.